The first-order chi connectivity index (χ1) is 48.6. The zero-order valence-corrected chi connectivity index (χ0v) is 66.2. The number of aliphatic carboxylic acids is 1. The fourth-order valence-corrected chi connectivity index (χ4v) is 12.7. The number of carbonyl (C=O) groups is 3. The summed E-state index contributed by atoms with van der Waals surface area (Å²) in [4.78, 5) is 37.8. The predicted molar refractivity (Wildman–Crippen MR) is 429 cm³/mol. The fourth-order valence-electron chi connectivity index (χ4n) is 12.7. The molecular weight excluding hydrogens is 1220 g/mol. The van der Waals surface area contributed by atoms with Gasteiger partial charge in [0.2, 0.25) is 0 Å². The molecule has 0 radical (unpaired) electrons. The second-order valence-corrected chi connectivity index (χ2v) is 30.1. The largest absolute Gasteiger partial charge is 0.477 e. The van der Waals surface area contributed by atoms with E-state index >= 15 is 0 Å². The van der Waals surface area contributed by atoms with Crippen molar-refractivity contribution in [2.24, 2.45) is 0 Å². The van der Waals surface area contributed by atoms with Gasteiger partial charge in [-0.15, -0.1) is 0 Å². The van der Waals surface area contributed by atoms with Crippen LogP contribution < -0.4 is 0 Å². The molecule has 0 amide bonds. The van der Waals surface area contributed by atoms with Crippen molar-refractivity contribution >= 4 is 17.9 Å². The molecule has 9 heteroatoms. The third-order valence-corrected chi connectivity index (χ3v) is 19.1. The number of allylic oxidation sites excluding steroid dienone is 14. The third kappa shape index (κ3) is 81.6. The molecule has 0 bridgehead atoms. The fraction of sp³-hybridized carbons (Fsp3) is 0.811. The maximum absolute atomic E-state index is 13.0. The molecule has 0 rings (SSSR count). The van der Waals surface area contributed by atoms with Crippen LogP contribution in [-0.4, -0.2) is 87.4 Å². The summed E-state index contributed by atoms with van der Waals surface area (Å²) in [5.41, 5.74) is 0. The quantitative estimate of drug-likeness (QED) is 0.0211. The molecule has 1 N–H and O–H groups in total. The molecule has 0 heterocycles. The molecule has 0 aliphatic heterocycles. The van der Waals surface area contributed by atoms with E-state index in [0.717, 1.165) is 77.0 Å². The first-order valence-corrected chi connectivity index (χ1v) is 42.8. The number of carboxylic acids is 1. The van der Waals surface area contributed by atoms with Crippen molar-refractivity contribution < 1.29 is 42.9 Å². The van der Waals surface area contributed by atoms with Crippen LogP contribution in [0.4, 0.5) is 0 Å². The zero-order chi connectivity index (χ0) is 71.8. The minimum Gasteiger partial charge on any atom is -0.477 e. The Morgan fingerprint density at radius 3 is 0.859 bits per heavy atom. The van der Waals surface area contributed by atoms with Crippen molar-refractivity contribution in [1.82, 2.24) is 0 Å². The third-order valence-electron chi connectivity index (χ3n) is 19.1. The summed E-state index contributed by atoms with van der Waals surface area (Å²) in [5, 5.41) is 9.79. The molecule has 0 saturated heterocycles. The molecule has 576 valence electrons. The van der Waals surface area contributed by atoms with E-state index in [9.17, 15) is 19.5 Å². The van der Waals surface area contributed by atoms with Gasteiger partial charge in [-0.25, -0.2) is 4.79 Å². The standard InChI is InChI=1S/C90H163NO8/c1-6-8-10-12-14-16-18-20-22-24-26-28-30-32-34-36-38-40-41-42-43-44-45-46-47-49-51-53-55-57-59-61-63-65-67-69-71-73-75-77-79-81-88(93)99-86(85-98-90(89(94)95)96-83-82-91(3,4)5)84-97-87(92)80-78-76-74-72-70-68-66-64-62-60-58-56-54-52-50-48-39-37-35-33-31-29-27-25-23-21-19-17-15-13-11-9-7-2/h8,10,14,16,19-22,25-28,32,34,86,90H,6-7,9,11-13,15,17-18,23-24,29-31,33,35-85H2,1-5H3/p+1/b10-8-,16-14-,21-19-,22-20-,27-25-,28-26-,34-32-. The monoisotopic (exact) mass is 1390 g/mol. The van der Waals surface area contributed by atoms with Gasteiger partial charge in [-0.1, -0.05) is 394 Å². The SMILES string of the molecule is CC/C=C\C/C=C\C/C=C\C/C=C\C/C=C\CCCCCCCCCCCCCCCCCCCCCCCCCCCC(=O)OC(COC(=O)CCCCCCCCCCCCCCCCCCCCCCC/C=C\C/C=C\CCCCCCC)COC(OCC[N+](C)(C)C)C(=O)O. The average molecular weight is 1390 g/mol. The van der Waals surface area contributed by atoms with E-state index in [1.165, 1.54) is 308 Å². The van der Waals surface area contributed by atoms with Crippen molar-refractivity contribution in [1.29, 1.82) is 0 Å². The minimum atomic E-state index is -1.51. The van der Waals surface area contributed by atoms with Crippen molar-refractivity contribution in [3.8, 4) is 0 Å². The summed E-state index contributed by atoms with van der Waals surface area (Å²) >= 11 is 0. The Hall–Kier alpha value is -3.53. The van der Waals surface area contributed by atoms with Gasteiger partial charge >= 0.3 is 17.9 Å². The number of quaternary nitrogens is 1. The molecule has 0 fully saturated rings. The van der Waals surface area contributed by atoms with Gasteiger partial charge in [-0.3, -0.25) is 9.59 Å². The summed E-state index contributed by atoms with van der Waals surface area (Å²) in [7, 11) is 6.00. The average Bonchev–Trinajstić information content (AvgIpc) is 2.62. The van der Waals surface area contributed by atoms with Crippen LogP contribution in [-0.2, 0) is 33.3 Å². The highest BCUT2D eigenvalue weighted by Crippen LogP contribution is 2.20. The first kappa shape index (κ1) is 95.5. The predicted octanol–water partition coefficient (Wildman–Crippen LogP) is 27.7. The van der Waals surface area contributed by atoms with Crippen molar-refractivity contribution in [2.45, 2.75) is 424 Å². The van der Waals surface area contributed by atoms with Gasteiger partial charge in [0.25, 0.3) is 6.29 Å². The van der Waals surface area contributed by atoms with E-state index in [2.05, 4.69) is 98.9 Å². The van der Waals surface area contributed by atoms with Crippen molar-refractivity contribution in [3.05, 3.63) is 85.1 Å². The number of carbonyl (C=O) groups excluding carboxylic acids is 2. The molecule has 9 nitrogen and oxygen atoms in total. The molecule has 2 unspecified atom stereocenters. The Balaban J connectivity index is 3.93. The number of nitrogens with zero attached hydrogens (tertiary/aromatic N) is 1. The molecule has 0 aliphatic rings. The van der Waals surface area contributed by atoms with E-state index in [0.29, 0.717) is 17.4 Å². The summed E-state index contributed by atoms with van der Waals surface area (Å²) in [5.74, 6) is -1.97. The summed E-state index contributed by atoms with van der Waals surface area (Å²) in [6, 6.07) is 0. The lowest BCUT2D eigenvalue weighted by Gasteiger charge is -2.25. The lowest BCUT2D eigenvalue weighted by atomic mass is 10.0. The summed E-state index contributed by atoms with van der Waals surface area (Å²) in [6.45, 7) is 4.82. The van der Waals surface area contributed by atoms with Gasteiger partial charge in [0.05, 0.1) is 34.4 Å². The number of hydrogen-bond donors (Lipinski definition) is 1. The number of unbranched alkanes of at least 4 members (excludes halogenated alkanes) is 51. The van der Waals surface area contributed by atoms with Crippen molar-refractivity contribution in [3.63, 3.8) is 0 Å². The number of likely N-dealkylation sites (N-methyl/N-ethyl adjacent to an activating group) is 1. The van der Waals surface area contributed by atoms with Crippen LogP contribution >= 0.6 is 0 Å². The first-order valence-electron chi connectivity index (χ1n) is 42.8. The zero-order valence-electron chi connectivity index (χ0n) is 66.2. The second-order valence-electron chi connectivity index (χ2n) is 30.1. The Labute approximate surface area is 614 Å². The lowest BCUT2D eigenvalue weighted by Crippen LogP contribution is -2.40. The highest BCUT2D eigenvalue weighted by Gasteiger charge is 2.25. The Morgan fingerprint density at radius 2 is 0.576 bits per heavy atom. The number of carboxylic acid groups (broad SMARTS) is 1. The number of hydrogen-bond acceptors (Lipinski definition) is 7. The van der Waals surface area contributed by atoms with Crippen LogP contribution in [0.2, 0.25) is 0 Å². The number of esters is 2. The lowest BCUT2D eigenvalue weighted by molar-refractivity contribution is -0.870. The molecule has 0 aromatic heterocycles. The van der Waals surface area contributed by atoms with E-state index in [1.54, 1.807) is 0 Å². The Kier molecular flexibility index (Phi) is 77.3. The molecule has 0 aliphatic carbocycles. The Bertz CT molecular complexity index is 1910. The number of ether oxygens (including phenoxy) is 4. The van der Waals surface area contributed by atoms with E-state index < -0.39 is 18.4 Å². The molecular formula is C90H164NO8+. The van der Waals surface area contributed by atoms with Crippen LogP contribution in [0.1, 0.15) is 412 Å². The topological polar surface area (TPSA) is 108 Å². The van der Waals surface area contributed by atoms with Gasteiger partial charge in [-0.2, -0.15) is 0 Å². The van der Waals surface area contributed by atoms with Crippen molar-refractivity contribution in [2.75, 3.05) is 47.5 Å². The Morgan fingerprint density at radius 1 is 0.313 bits per heavy atom. The van der Waals surface area contributed by atoms with E-state index in [-0.39, 0.29) is 38.2 Å². The number of rotatable bonds is 80. The van der Waals surface area contributed by atoms with Crippen LogP contribution in [0.3, 0.4) is 0 Å². The van der Waals surface area contributed by atoms with Gasteiger partial charge in [0, 0.05) is 12.8 Å². The molecule has 0 spiro atoms. The van der Waals surface area contributed by atoms with E-state index in [4.69, 9.17) is 18.9 Å². The van der Waals surface area contributed by atoms with Gasteiger partial charge in [0.15, 0.2) is 6.10 Å². The maximum Gasteiger partial charge on any atom is 0.361 e. The van der Waals surface area contributed by atoms with Crippen LogP contribution in [0.15, 0.2) is 85.1 Å². The second kappa shape index (κ2) is 80.2. The highest BCUT2D eigenvalue weighted by molar-refractivity contribution is 5.71. The summed E-state index contributed by atoms with van der Waals surface area (Å²) < 4.78 is 23.1. The molecule has 0 aromatic rings. The maximum atomic E-state index is 13.0. The smallest absolute Gasteiger partial charge is 0.361 e. The highest BCUT2D eigenvalue weighted by atomic mass is 16.7. The van der Waals surface area contributed by atoms with Gasteiger partial charge in [0.1, 0.15) is 13.2 Å². The molecule has 2 atom stereocenters. The minimum absolute atomic E-state index is 0.177. The molecule has 0 aromatic carbocycles. The van der Waals surface area contributed by atoms with Gasteiger partial charge in [-0.05, 0) is 89.9 Å². The molecule has 0 saturated carbocycles. The van der Waals surface area contributed by atoms with Gasteiger partial charge < -0.3 is 28.5 Å². The van der Waals surface area contributed by atoms with Crippen LogP contribution in [0, 0.1) is 0 Å². The summed E-state index contributed by atoms with van der Waals surface area (Å²) in [6.07, 6.45) is 108. The van der Waals surface area contributed by atoms with Crippen LogP contribution in [0.25, 0.3) is 0 Å². The van der Waals surface area contributed by atoms with Crippen LogP contribution in [0.5, 0.6) is 0 Å². The molecule has 99 heavy (non-hydrogen) atoms. The normalized spacial score (nSPS) is 13.0. The van der Waals surface area contributed by atoms with E-state index in [1.807, 2.05) is 21.1 Å².